The van der Waals surface area contributed by atoms with Crippen molar-refractivity contribution in [1.82, 2.24) is 0 Å². The number of alkyl halides is 3. The fraction of sp³-hybridized carbons (Fsp3) is 0.458. The number of fused-ring (bicyclic) bond motifs is 1. The minimum absolute atomic E-state index is 0.117. The molecule has 3 atom stereocenters. The van der Waals surface area contributed by atoms with Gasteiger partial charge in [0.05, 0.1) is 19.8 Å². The first kappa shape index (κ1) is 23.4. The summed E-state index contributed by atoms with van der Waals surface area (Å²) in [5.74, 6) is 0.528. The van der Waals surface area contributed by atoms with Crippen LogP contribution in [0.25, 0.3) is 0 Å². The van der Waals surface area contributed by atoms with Gasteiger partial charge in [0, 0.05) is 19.2 Å². The Balaban J connectivity index is 1.39. The van der Waals surface area contributed by atoms with Crippen LogP contribution in [0.1, 0.15) is 24.0 Å². The first-order valence-electron chi connectivity index (χ1n) is 10.8. The second kappa shape index (κ2) is 10.0. The van der Waals surface area contributed by atoms with E-state index in [1.165, 1.54) is 4.90 Å². The number of methoxy groups -OCH3 is 1. The fourth-order valence-electron chi connectivity index (χ4n) is 4.08. The van der Waals surface area contributed by atoms with Crippen molar-refractivity contribution in [3.8, 4) is 5.75 Å². The molecule has 1 fully saturated rings. The van der Waals surface area contributed by atoms with E-state index >= 15 is 0 Å². The van der Waals surface area contributed by atoms with E-state index in [-0.39, 0.29) is 19.1 Å². The van der Waals surface area contributed by atoms with Crippen LogP contribution in [0.3, 0.4) is 0 Å². The highest BCUT2D eigenvalue weighted by atomic mass is 19.4. The lowest BCUT2D eigenvalue weighted by atomic mass is 9.97. The van der Waals surface area contributed by atoms with E-state index in [1.54, 1.807) is 49.6 Å². The Morgan fingerprint density at radius 3 is 2.64 bits per heavy atom. The first-order valence-corrected chi connectivity index (χ1v) is 10.8. The number of halogens is 3. The molecule has 33 heavy (non-hydrogen) atoms. The van der Waals surface area contributed by atoms with Crippen LogP contribution in [-0.2, 0) is 27.2 Å². The van der Waals surface area contributed by atoms with Gasteiger partial charge in [-0.3, -0.25) is 4.90 Å². The van der Waals surface area contributed by atoms with Crippen LogP contribution < -0.4 is 9.64 Å². The molecule has 0 aliphatic carbocycles. The lowest BCUT2D eigenvalue weighted by molar-refractivity contribution is -0.230. The van der Waals surface area contributed by atoms with Gasteiger partial charge in [-0.05, 0) is 42.2 Å². The lowest BCUT2D eigenvalue weighted by Crippen LogP contribution is -2.38. The smallest absolute Gasteiger partial charge is 0.414 e. The topological polar surface area (TPSA) is 57.2 Å². The molecule has 0 radical (unpaired) electrons. The SMILES string of the molecule is COCC1CN(c2ccc3c(c2)CCC(CC(OCc2ccccc2)C(F)(F)F)O3)C(=O)O1. The zero-order valence-corrected chi connectivity index (χ0v) is 18.2. The van der Waals surface area contributed by atoms with E-state index in [2.05, 4.69) is 0 Å². The normalized spacial score (nSPS) is 21.3. The van der Waals surface area contributed by atoms with Gasteiger partial charge in [-0.25, -0.2) is 4.79 Å². The third-order valence-corrected chi connectivity index (χ3v) is 5.75. The number of hydrogen-bond acceptors (Lipinski definition) is 5. The van der Waals surface area contributed by atoms with Crippen molar-refractivity contribution in [2.75, 3.05) is 25.2 Å². The van der Waals surface area contributed by atoms with Gasteiger partial charge < -0.3 is 18.9 Å². The largest absolute Gasteiger partial charge is 0.490 e. The predicted molar refractivity (Wildman–Crippen MR) is 114 cm³/mol. The van der Waals surface area contributed by atoms with Crippen molar-refractivity contribution in [2.24, 2.45) is 0 Å². The highest BCUT2D eigenvalue weighted by Gasteiger charge is 2.43. The van der Waals surface area contributed by atoms with Crippen molar-refractivity contribution >= 4 is 11.8 Å². The number of cyclic esters (lactones) is 1. The van der Waals surface area contributed by atoms with Gasteiger partial charge in [-0.15, -0.1) is 0 Å². The second-order valence-corrected chi connectivity index (χ2v) is 8.20. The van der Waals surface area contributed by atoms with Crippen molar-refractivity contribution in [3.63, 3.8) is 0 Å². The van der Waals surface area contributed by atoms with Crippen LogP contribution in [0.15, 0.2) is 48.5 Å². The molecule has 2 aliphatic heterocycles. The Bertz CT molecular complexity index is 953. The van der Waals surface area contributed by atoms with E-state index in [9.17, 15) is 18.0 Å². The third kappa shape index (κ3) is 5.78. The van der Waals surface area contributed by atoms with Crippen LogP contribution in [-0.4, -0.2) is 50.8 Å². The molecule has 0 N–H and O–H groups in total. The quantitative estimate of drug-likeness (QED) is 0.556. The van der Waals surface area contributed by atoms with Gasteiger partial charge in [0.25, 0.3) is 0 Å². The summed E-state index contributed by atoms with van der Waals surface area (Å²) in [5, 5.41) is 0. The molecule has 0 saturated carbocycles. The van der Waals surface area contributed by atoms with E-state index < -0.39 is 24.5 Å². The standard InChI is InChI=1S/C24H26F3NO5/c1-30-15-20-13-28(23(29)33-20)18-8-10-21-17(11-18)7-9-19(32-21)12-22(24(25,26)27)31-14-16-5-3-2-4-6-16/h2-6,8,10-11,19-20,22H,7,9,12-15H2,1H3. The van der Waals surface area contributed by atoms with Gasteiger partial charge in [0.1, 0.15) is 18.0 Å². The molecule has 6 nitrogen and oxygen atoms in total. The Labute approximate surface area is 190 Å². The molecule has 3 unspecified atom stereocenters. The summed E-state index contributed by atoms with van der Waals surface area (Å²) in [5.41, 5.74) is 2.20. The molecule has 0 bridgehead atoms. The van der Waals surface area contributed by atoms with Gasteiger partial charge in [-0.1, -0.05) is 30.3 Å². The van der Waals surface area contributed by atoms with E-state index in [0.717, 1.165) is 5.56 Å². The zero-order valence-electron chi connectivity index (χ0n) is 18.2. The number of nitrogens with zero attached hydrogens (tertiary/aromatic N) is 1. The number of benzene rings is 2. The number of carbonyl (C=O) groups is 1. The Morgan fingerprint density at radius 2 is 1.91 bits per heavy atom. The predicted octanol–water partition coefficient (Wildman–Crippen LogP) is 4.89. The maximum absolute atomic E-state index is 13.6. The summed E-state index contributed by atoms with van der Waals surface area (Å²) in [6.07, 6.45) is -7.12. The number of anilines is 1. The minimum Gasteiger partial charge on any atom is -0.490 e. The maximum atomic E-state index is 13.6. The summed E-state index contributed by atoms with van der Waals surface area (Å²) < 4.78 is 62.2. The summed E-state index contributed by atoms with van der Waals surface area (Å²) in [6, 6.07) is 14.0. The number of carbonyl (C=O) groups excluding carboxylic acids is 1. The van der Waals surface area contributed by atoms with Crippen molar-refractivity contribution in [3.05, 3.63) is 59.7 Å². The molecule has 1 amide bonds. The Morgan fingerprint density at radius 1 is 1.12 bits per heavy atom. The highest BCUT2D eigenvalue weighted by molar-refractivity contribution is 5.90. The summed E-state index contributed by atoms with van der Waals surface area (Å²) in [6.45, 7) is 0.569. The van der Waals surface area contributed by atoms with Gasteiger partial charge in [0.15, 0.2) is 6.10 Å². The number of amides is 1. The van der Waals surface area contributed by atoms with Gasteiger partial charge in [0.2, 0.25) is 0 Å². The summed E-state index contributed by atoms with van der Waals surface area (Å²) in [7, 11) is 1.54. The summed E-state index contributed by atoms with van der Waals surface area (Å²) in [4.78, 5) is 13.7. The van der Waals surface area contributed by atoms with E-state index in [0.29, 0.717) is 43.0 Å². The number of rotatable bonds is 8. The highest BCUT2D eigenvalue weighted by Crippen LogP contribution is 2.36. The van der Waals surface area contributed by atoms with Gasteiger partial charge in [-0.2, -0.15) is 13.2 Å². The monoisotopic (exact) mass is 465 g/mol. The van der Waals surface area contributed by atoms with Crippen LogP contribution in [0.4, 0.5) is 23.7 Å². The lowest BCUT2D eigenvalue weighted by Gasteiger charge is -2.30. The van der Waals surface area contributed by atoms with Crippen molar-refractivity contribution < 1.29 is 36.9 Å². The summed E-state index contributed by atoms with van der Waals surface area (Å²) >= 11 is 0. The molecule has 2 aliphatic rings. The molecule has 0 spiro atoms. The zero-order chi connectivity index (χ0) is 23.4. The van der Waals surface area contributed by atoms with Gasteiger partial charge >= 0.3 is 12.3 Å². The third-order valence-electron chi connectivity index (χ3n) is 5.75. The van der Waals surface area contributed by atoms with Crippen molar-refractivity contribution in [1.29, 1.82) is 0 Å². The van der Waals surface area contributed by atoms with Crippen LogP contribution in [0.2, 0.25) is 0 Å². The average Bonchev–Trinajstić information content (AvgIpc) is 3.16. The Hall–Kier alpha value is -2.78. The minimum atomic E-state index is -4.49. The molecule has 4 rings (SSSR count). The van der Waals surface area contributed by atoms with Crippen molar-refractivity contribution in [2.45, 2.75) is 50.4 Å². The molecule has 2 aromatic rings. The average molecular weight is 465 g/mol. The molecular formula is C24H26F3NO5. The van der Waals surface area contributed by atoms with Crippen LogP contribution >= 0.6 is 0 Å². The number of aryl methyl sites for hydroxylation is 1. The molecule has 9 heteroatoms. The molecular weight excluding hydrogens is 439 g/mol. The fourth-order valence-corrected chi connectivity index (χ4v) is 4.08. The number of hydrogen-bond donors (Lipinski definition) is 0. The molecule has 1 saturated heterocycles. The van der Waals surface area contributed by atoms with Crippen LogP contribution in [0.5, 0.6) is 5.75 Å². The van der Waals surface area contributed by atoms with E-state index in [1.807, 2.05) is 6.07 Å². The van der Waals surface area contributed by atoms with Crippen LogP contribution in [0, 0.1) is 0 Å². The first-order chi connectivity index (χ1) is 15.8. The molecule has 2 aromatic carbocycles. The second-order valence-electron chi connectivity index (χ2n) is 8.20. The maximum Gasteiger partial charge on any atom is 0.414 e. The molecule has 0 aromatic heterocycles. The Kier molecular flexibility index (Phi) is 7.09. The van der Waals surface area contributed by atoms with E-state index in [4.69, 9.17) is 18.9 Å². The molecule has 178 valence electrons. The molecule has 2 heterocycles. The number of ether oxygens (including phenoxy) is 4.